The van der Waals surface area contributed by atoms with E-state index in [2.05, 4.69) is 27.4 Å². The van der Waals surface area contributed by atoms with Gasteiger partial charge in [-0.3, -0.25) is 4.79 Å². The Kier molecular flexibility index (Phi) is 6.49. The highest BCUT2D eigenvalue weighted by Crippen LogP contribution is 2.24. The summed E-state index contributed by atoms with van der Waals surface area (Å²) in [5.74, 6) is -0.351. The van der Waals surface area contributed by atoms with Gasteiger partial charge < -0.3 is 5.32 Å². The molecule has 116 valence electrons. The van der Waals surface area contributed by atoms with Crippen LogP contribution in [0.5, 0.6) is 0 Å². The number of nitrogens with one attached hydrogen (secondary N) is 1. The van der Waals surface area contributed by atoms with Gasteiger partial charge in [-0.15, -0.1) is 0 Å². The number of hydrogen-bond donors (Lipinski definition) is 1. The van der Waals surface area contributed by atoms with Crippen LogP contribution in [0.15, 0.2) is 35.5 Å². The van der Waals surface area contributed by atoms with Crippen molar-refractivity contribution in [2.45, 2.75) is 18.0 Å². The van der Waals surface area contributed by atoms with Crippen LogP contribution in [0.3, 0.4) is 0 Å². The molecule has 0 bridgehead atoms. The molecular weight excluding hydrogens is 341 g/mol. The van der Waals surface area contributed by atoms with Gasteiger partial charge in [0.05, 0.1) is 0 Å². The average Bonchev–Trinajstić information content (AvgIpc) is 2.51. The van der Waals surface area contributed by atoms with Crippen LogP contribution in [-0.2, 0) is 6.42 Å². The van der Waals surface area contributed by atoms with Crippen LogP contribution in [0.25, 0.3) is 0 Å². The standard InChI is InChI=1S/C15H15Cl2N3OS/c1-22-15-19-12(16)11(13(17)20-15)14(21)18-9-5-8-10-6-3-2-4-7-10/h2-4,6-7H,5,8-9H2,1H3,(H,18,21). The number of carbonyl (C=O) groups is 1. The van der Waals surface area contributed by atoms with Gasteiger partial charge in [-0.2, -0.15) is 0 Å². The Balaban J connectivity index is 1.90. The number of rotatable bonds is 6. The third-order valence-corrected chi connectivity index (χ3v) is 4.08. The molecule has 0 saturated carbocycles. The number of aryl methyl sites for hydroxylation is 1. The van der Waals surface area contributed by atoms with E-state index in [0.717, 1.165) is 12.8 Å². The molecule has 0 fully saturated rings. The highest BCUT2D eigenvalue weighted by atomic mass is 35.5. The largest absolute Gasteiger partial charge is 0.352 e. The fraction of sp³-hybridized carbons (Fsp3) is 0.267. The maximum Gasteiger partial charge on any atom is 0.257 e. The van der Waals surface area contributed by atoms with Crippen LogP contribution >= 0.6 is 35.0 Å². The normalized spacial score (nSPS) is 10.5. The topological polar surface area (TPSA) is 54.9 Å². The number of halogens is 2. The van der Waals surface area contributed by atoms with Crippen molar-refractivity contribution >= 4 is 40.9 Å². The number of amides is 1. The Morgan fingerprint density at radius 2 is 1.82 bits per heavy atom. The molecule has 0 spiro atoms. The molecule has 2 aromatic rings. The highest BCUT2D eigenvalue weighted by Gasteiger charge is 2.18. The van der Waals surface area contributed by atoms with Gasteiger partial charge in [0.15, 0.2) is 5.16 Å². The van der Waals surface area contributed by atoms with Crippen molar-refractivity contribution < 1.29 is 4.79 Å². The monoisotopic (exact) mass is 355 g/mol. The molecule has 1 heterocycles. The molecular formula is C15H15Cl2N3OS. The first kappa shape index (κ1) is 17.1. The lowest BCUT2D eigenvalue weighted by Gasteiger charge is -2.08. The van der Waals surface area contributed by atoms with E-state index in [0.29, 0.717) is 11.7 Å². The second kappa shape index (κ2) is 8.36. The van der Waals surface area contributed by atoms with E-state index in [1.807, 2.05) is 24.5 Å². The minimum atomic E-state index is -0.351. The third-order valence-electron chi connectivity index (χ3n) is 2.98. The summed E-state index contributed by atoms with van der Waals surface area (Å²) in [7, 11) is 0. The first-order chi connectivity index (χ1) is 10.6. The van der Waals surface area contributed by atoms with Crippen molar-refractivity contribution in [3.05, 3.63) is 51.8 Å². The van der Waals surface area contributed by atoms with Crippen LogP contribution in [0.1, 0.15) is 22.3 Å². The summed E-state index contributed by atoms with van der Waals surface area (Å²) in [6.45, 7) is 0.532. The van der Waals surface area contributed by atoms with Gasteiger partial charge in [-0.1, -0.05) is 65.3 Å². The molecule has 1 N–H and O–H groups in total. The molecule has 0 aliphatic heterocycles. The fourth-order valence-corrected chi connectivity index (χ4v) is 2.92. The number of benzene rings is 1. The van der Waals surface area contributed by atoms with Crippen molar-refractivity contribution in [3.63, 3.8) is 0 Å². The van der Waals surface area contributed by atoms with E-state index < -0.39 is 0 Å². The predicted molar refractivity (Wildman–Crippen MR) is 90.9 cm³/mol. The lowest BCUT2D eigenvalue weighted by Crippen LogP contribution is -2.26. The van der Waals surface area contributed by atoms with Crippen molar-refractivity contribution in [1.29, 1.82) is 0 Å². The molecule has 1 aromatic carbocycles. The molecule has 1 aromatic heterocycles. The molecule has 4 nitrogen and oxygen atoms in total. The lowest BCUT2D eigenvalue weighted by atomic mass is 10.1. The van der Waals surface area contributed by atoms with Gasteiger partial charge in [0.2, 0.25) is 0 Å². The Bertz CT molecular complexity index is 629. The van der Waals surface area contributed by atoms with Crippen molar-refractivity contribution in [2.75, 3.05) is 12.8 Å². The molecule has 0 atom stereocenters. The first-order valence-corrected chi connectivity index (χ1v) is 8.69. The summed E-state index contributed by atoms with van der Waals surface area (Å²) in [6.07, 6.45) is 3.53. The molecule has 0 unspecified atom stereocenters. The molecule has 0 saturated heterocycles. The number of aromatic nitrogens is 2. The summed E-state index contributed by atoms with van der Waals surface area (Å²) in [4.78, 5) is 20.2. The van der Waals surface area contributed by atoms with Gasteiger partial charge >= 0.3 is 0 Å². The minimum Gasteiger partial charge on any atom is -0.352 e. The first-order valence-electron chi connectivity index (χ1n) is 6.71. The van der Waals surface area contributed by atoms with Gasteiger partial charge in [0, 0.05) is 6.54 Å². The van der Waals surface area contributed by atoms with E-state index in [1.54, 1.807) is 0 Å². The molecule has 22 heavy (non-hydrogen) atoms. The van der Waals surface area contributed by atoms with E-state index in [-0.39, 0.29) is 21.8 Å². The zero-order valence-electron chi connectivity index (χ0n) is 12.0. The van der Waals surface area contributed by atoms with E-state index >= 15 is 0 Å². The Labute approximate surface area is 143 Å². The Morgan fingerprint density at radius 1 is 1.18 bits per heavy atom. The zero-order valence-corrected chi connectivity index (χ0v) is 14.3. The quantitative estimate of drug-likeness (QED) is 0.370. The molecule has 1 amide bonds. The van der Waals surface area contributed by atoms with Gasteiger partial charge in [0.1, 0.15) is 15.9 Å². The maximum atomic E-state index is 12.1. The van der Waals surface area contributed by atoms with Crippen LogP contribution < -0.4 is 5.32 Å². The van der Waals surface area contributed by atoms with Crippen LogP contribution in [0.2, 0.25) is 10.3 Å². The summed E-state index contributed by atoms with van der Waals surface area (Å²) in [6, 6.07) is 10.1. The number of nitrogens with zero attached hydrogens (tertiary/aromatic N) is 2. The number of thioether (sulfide) groups is 1. The second-order valence-corrected chi connectivity index (χ2v) is 6.00. The van der Waals surface area contributed by atoms with E-state index in [9.17, 15) is 4.79 Å². The van der Waals surface area contributed by atoms with Crippen molar-refractivity contribution in [3.8, 4) is 0 Å². The minimum absolute atomic E-state index is 0.0740. The maximum absolute atomic E-state index is 12.1. The van der Waals surface area contributed by atoms with Gasteiger partial charge in [-0.25, -0.2) is 9.97 Å². The molecule has 0 aliphatic rings. The summed E-state index contributed by atoms with van der Waals surface area (Å²) in [5.41, 5.74) is 1.36. The fourth-order valence-electron chi connectivity index (χ4n) is 1.90. The smallest absolute Gasteiger partial charge is 0.257 e. The van der Waals surface area contributed by atoms with Crippen LogP contribution in [0, 0.1) is 0 Å². The summed E-state index contributed by atoms with van der Waals surface area (Å²) in [5, 5.41) is 3.38. The number of hydrogen-bond acceptors (Lipinski definition) is 4. The molecule has 2 rings (SSSR count). The van der Waals surface area contributed by atoms with Crippen molar-refractivity contribution in [2.24, 2.45) is 0 Å². The van der Waals surface area contributed by atoms with E-state index in [1.165, 1.54) is 17.3 Å². The Hall–Kier alpha value is -1.30. The molecule has 0 radical (unpaired) electrons. The predicted octanol–water partition coefficient (Wildman–Crippen LogP) is 3.87. The van der Waals surface area contributed by atoms with Gasteiger partial charge in [-0.05, 0) is 24.7 Å². The number of carbonyl (C=O) groups excluding carboxylic acids is 1. The van der Waals surface area contributed by atoms with Gasteiger partial charge in [0.25, 0.3) is 5.91 Å². The third kappa shape index (κ3) is 4.60. The Morgan fingerprint density at radius 3 is 2.41 bits per heavy atom. The highest BCUT2D eigenvalue weighted by molar-refractivity contribution is 7.98. The molecule has 7 heteroatoms. The second-order valence-electron chi connectivity index (χ2n) is 4.51. The summed E-state index contributed by atoms with van der Waals surface area (Å²) < 4.78 is 0. The molecule has 0 aliphatic carbocycles. The van der Waals surface area contributed by atoms with Crippen LogP contribution in [-0.4, -0.2) is 28.7 Å². The van der Waals surface area contributed by atoms with Crippen molar-refractivity contribution in [1.82, 2.24) is 15.3 Å². The SMILES string of the molecule is CSc1nc(Cl)c(C(=O)NCCCc2ccccc2)c(Cl)n1. The zero-order chi connectivity index (χ0) is 15.9. The average molecular weight is 356 g/mol. The lowest BCUT2D eigenvalue weighted by molar-refractivity contribution is 0.0952. The van der Waals surface area contributed by atoms with E-state index in [4.69, 9.17) is 23.2 Å². The summed E-state index contributed by atoms with van der Waals surface area (Å²) >= 11 is 13.3. The van der Waals surface area contributed by atoms with Crippen LogP contribution in [0.4, 0.5) is 0 Å².